The fourth-order valence-corrected chi connectivity index (χ4v) is 3.27. The molecule has 5 heteroatoms. The fraction of sp³-hybridized carbons (Fsp3) is 0.571. The zero-order valence-electron chi connectivity index (χ0n) is 10.6. The minimum Gasteiger partial charge on any atom is -0.381 e. The first kappa shape index (κ1) is 12.8. The molecule has 0 amide bonds. The van der Waals surface area contributed by atoms with Crippen LogP contribution in [0.15, 0.2) is 12.1 Å². The van der Waals surface area contributed by atoms with Crippen LogP contribution in [-0.2, 0) is 0 Å². The van der Waals surface area contributed by atoms with E-state index in [9.17, 15) is 13.2 Å². The molecule has 1 N–H and O–H groups in total. The summed E-state index contributed by atoms with van der Waals surface area (Å²) < 4.78 is 39.3. The Hall–Kier alpha value is -1.23. The summed E-state index contributed by atoms with van der Waals surface area (Å²) in [5, 5.41) is 3.16. The van der Waals surface area contributed by atoms with E-state index in [0.29, 0.717) is 11.7 Å². The highest BCUT2D eigenvalue weighted by Crippen LogP contribution is 2.30. The Labute approximate surface area is 110 Å². The van der Waals surface area contributed by atoms with E-state index in [4.69, 9.17) is 0 Å². The van der Waals surface area contributed by atoms with Crippen molar-refractivity contribution in [3.05, 3.63) is 29.6 Å². The molecule has 1 aromatic rings. The summed E-state index contributed by atoms with van der Waals surface area (Å²) >= 11 is 0. The van der Waals surface area contributed by atoms with Crippen molar-refractivity contribution in [3.8, 4) is 0 Å². The molecule has 0 radical (unpaired) electrons. The second-order valence-corrected chi connectivity index (χ2v) is 5.39. The molecule has 19 heavy (non-hydrogen) atoms. The maximum absolute atomic E-state index is 13.2. The smallest absolute Gasteiger partial charge is 0.194 e. The largest absolute Gasteiger partial charge is 0.381 e. The van der Waals surface area contributed by atoms with Gasteiger partial charge in [0.25, 0.3) is 0 Å². The lowest BCUT2D eigenvalue weighted by Crippen LogP contribution is -2.41. The van der Waals surface area contributed by atoms with Crippen molar-refractivity contribution < 1.29 is 13.2 Å². The van der Waals surface area contributed by atoms with Gasteiger partial charge in [-0.2, -0.15) is 0 Å². The van der Waals surface area contributed by atoms with Crippen LogP contribution in [0.1, 0.15) is 25.7 Å². The Balaban J connectivity index is 1.75. The molecular formula is C14H17F3N2. The molecule has 2 atom stereocenters. The lowest BCUT2D eigenvalue weighted by atomic mass is 9.99. The Kier molecular flexibility index (Phi) is 3.39. The van der Waals surface area contributed by atoms with Crippen LogP contribution >= 0.6 is 0 Å². The molecule has 3 rings (SSSR count). The summed E-state index contributed by atoms with van der Waals surface area (Å²) in [6.45, 7) is 2.13. The fourth-order valence-electron chi connectivity index (χ4n) is 3.27. The minimum atomic E-state index is -1.41. The van der Waals surface area contributed by atoms with E-state index >= 15 is 0 Å². The Morgan fingerprint density at radius 3 is 2.47 bits per heavy atom. The van der Waals surface area contributed by atoms with Gasteiger partial charge in [0.1, 0.15) is 0 Å². The summed E-state index contributed by atoms with van der Waals surface area (Å²) in [4.78, 5) is 2.43. The summed E-state index contributed by atoms with van der Waals surface area (Å²) in [5.74, 6) is -3.68. The van der Waals surface area contributed by atoms with Gasteiger partial charge in [-0.15, -0.1) is 0 Å². The predicted octanol–water partition coefficient (Wildman–Crippen LogP) is 3.14. The Bertz CT molecular complexity index is 455. The third-order valence-corrected chi connectivity index (χ3v) is 4.19. The molecular weight excluding hydrogens is 253 g/mol. The first-order valence-electron chi connectivity index (χ1n) is 6.80. The second kappa shape index (κ2) is 5.04. The van der Waals surface area contributed by atoms with Gasteiger partial charge in [0.2, 0.25) is 0 Å². The highest BCUT2D eigenvalue weighted by atomic mass is 19.2. The quantitative estimate of drug-likeness (QED) is 0.831. The average molecular weight is 270 g/mol. The summed E-state index contributed by atoms with van der Waals surface area (Å²) in [6, 6.07) is 2.70. The number of anilines is 1. The molecule has 0 saturated carbocycles. The zero-order chi connectivity index (χ0) is 13.4. The van der Waals surface area contributed by atoms with Crippen molar-refractivity contribution in [3.63, 3.8) is 0 Å². The standard InChI is InChI=1S/C14H17F3N2/c15-10-7-9(8-11(16)14(10)17)18-12-4-6-19-5-2-1-3-13(12)19/h7-8,12-13,18H,1-6H2. The number of hydrogen-bond acceptors (Lipinski definition) is 2. The summed E-state index contributed by atoms with van der Waals surface area (Å²) in [7, 11) is 0. The molecule has 0 bridgehead atoms. The number of benzene rings is 1. The lowest BCUT2D eigenvalue weighted by molar-refractivity contribution is 0.192. The van der Waals surface area contributed by atoms with Crippen LogP contribution in [0, 0.1) is 17.5 Å². The Morgan fingerprint density at radius 2 is 1.74 bits per heavy atom. The van der Waals surface area contributed by atoms with Crippen molar-refractivity contribution in [2.24, 2.45) is 0 Å². The molecule has 2 saturated heterocycles. The molecule has 1 aromatic carbocycles. The van der Waals surface area contributed by atoms with Gasteiger partial charge in [0.15, 0.2) is 17.5 Å². The van der Waals surface area contributed by atoms with Crippen molar-refractivity contribution >= 4 is 5.69 Å². The number of rotatable bonds is 2. The van der Waals surface area contributed by atoms with Gasteiger partial charge in [0.05, 0.1) is 0 Å². The molecule has 2 heterocycles. The highest BCUT2D eigenvalue weighted by molar-refractivity contribution is 5.45. The molecule has 2 unspecified atom stereocenters. The third-order valence-electron chi connectivity index (χ3n) is 4.19. The molecule has 0 aliphatic carbocycles. The van der Waals surface area contributed by atoms with E-state index in [2.05, 4.69) is 10.2 Å². The van der Waals surface area contributed by atoms with Crippen LogP contribution in [0.4, 0.5) is 18.9 Å². The van der Waals surface area contributed by atoms with Gasteiger partial charge >= 0.3 is 0 Å². The topological polar surface area (TPSA) is 15.3 Å². The van der Waals surface area contributed by atoms with E-state index in [-0.39, 0.29) is 6.04 Å². The molecule has 0 aromatic heterocycles. The molecule has 2 nitrogen and oxygen atoms in total. The molecule has 0 spiro atoms. The highest BCUT2D eigenvalue weighted by Gasteiger charge is 2.35. The van der Waals surface area contributed by atoms with Crippen molar-refractivity contribution in [1.29, 1.82) is 0 Å². The number of piperidine rings is 1. The van der Waals surface area contributed by atoms with Crippen LogP contribution in [-0.4, -0.2) is 30.1 Å². The number of fused-ring (bicyclic) bond motifs is 1. The monoisotopic (exact) mass is 270 g/mol. The van der Waals surface area contributed by atoms with E-state index < -0.39 is 17.5 Å². The van der Waals surface area contributed by atoms with Gasteiger partial charge in [0, 0.05) is 36.4 Å². The van der Waals surface area contributed by atoms with Crippen molar-refractivity contribution in [1.82, 2.24) is 4.90 Å². The molecule has 2 aliphatic rings. The second-order valence-electron chi connectivity index (χ2n) is 5.39. The number of nitrogens with one attached hydrogen (secondary N) is 1. The van der Waals surface area contributed by atoms with Crippen LogP contribution < -0.4 is 5.32 Å². The number of hydrogen-bond donors (Lipinski definition) is 1. The maximum Gasteiger partial charge on any atom is 0.194 e. The first-order chi connectivity index (χ1) is 9.15. The summed E-state index contributed by atoms with van der Waals surface area (Å²) in [5.41, 5.74) is 0.328. The first-order valence-corrected chi connectivity index (χ1v) is 6.80. The van der Waals surface area contributed by atoms with E-state index in [0.717, 1.165) is 38.1 Å². The van der Waals surface area contributed by atoms with Crippen LogP contribution in [0.3, 0.4) is 0 Å². The molecule has 104 valence electrons. The molecule has 2 aliphatic heterocycles. The van der Waals surface area contributed by atoms with Crippen molar-refractivity contribution in [2.75, 3.05) is 18.4 Å². The van der Waals surface area contributed by atoms with Gasteiger partial charge in [-0.3, -0.25) is 4.90 Å². The minimum absolute atomic E-state index is 0.199. The van der Waals surface area contributed by atoms with Gasteiger partial charge in [-0.25, -0.2) is 13.2 Å². The zero-order valence-corrected chi connectivity index (χ0v) is 10.6. The average Bonchev–Trinajstić information content (AvgIpc) is 2.79. The third kappa shape index (κ3) is 2.43. The van der Waals surface area contributed by atoms with Crippen LogP contribution in [0.2, 0.25) is 0 Å². The predicted molar refractivity (Wildman–Crippen MR) is 67.6 cm³/mol. The number of halogens is 3. The van der Waals surface area contributed by atoms with Gasteiger partial charge in [-0.05, 0) is 25.8 Å². The lowest BCUT2D eigenvalue weighted by Gasteiger charge is -2.33. The normalized spacial score (nSPS) is 27.3. The number of nitrogens with zero attached hydrogens (tertiary/aromatic N) is 1. The van der Waals surface area contributed by atoms with Crippen LogP contribution in [0.25, 0.3) is 0 Å². The SMILES string of the molecule is Fc1cc(NC2CCN3CCCCC23)cc(F)c1F. The van der Waals surface area contributed by atoms with E-state index in [1.807, 2.05) is 0 Å². The van der Waals surface area contributed by atoms with Crippen molar-refractivity contribution in [2.45, 2.75) is 37.8 Å². The summed E-state index contributed by atoms with van der Waals surface area (Å²) in [6.07, 6.45) is 4.50. The Morgan fingerprint density at radius 1 is 1.00 bits per heavy atom. The molecule has 2 fully saturated rings. The van der Waals surface area contributed by atoms with Gasteiger partial charge in [-0.1, -0.05) is 6.42 Å². The maximum atomic E-state index is 13.2. The van der Waals surface area contributed by atoms with Gasteiger partial charge < -0.3 is 5.32 Å². The van der Waals surface area contributed by atoms with E-state index in [1.54, 1.807) is 0 Å². The van der Waals surface area contributed by atoms with E-state index in [1.165, 1.54) is 12.8 Å². The van der Waals surface area contributed by atoms with Crippen LogP contribution in [0.5, 0.6) is 0 Å².